The second-order valence-corrected chi connectivity index (χ2v) is 5.00. The van der Waals surface area contributed by atoms with Crippen molar-refractivity contribution in [2.24, 2.45) is 0 Å². The van der Waals surface area contributed by atoms with Crippen molar-refractivity contribution in [1.29, 1.82) is 0 Å². The van der Waals surface area contributed by atoms with Crippen molar-refractivity contribution in [3.63, 3.8) is 0 Å². The fraction of sp³-hybridized carbons (Fsp3) is 0.231. The van der Waals surface area contributed by atoms with E-state index in [1.54, 1.807) is 0 Å². The monoisotopic (exact) mass is 276 g/mol. The molecule has 1 aromatic heterocycles. The van der Waals surface area contributed by atoms with Gasteiger partial charge >= 0.3 is 0 Å². The van der Waals surface area contributed by atoms with E-state index in [0.717, 1.165) is 18.0 Å². The summed E-state index contributed by atoms with van der Waals surface area (Å²) in [6.45, 7) is 3.76. The van der Waals surface area contributed by atoms with Crippen LogP contribution in [0.5, 0.6) is 0 Å². The molecule has 1 heterocycles. The maximum Gasteiger partial charge on any atom is 0.253 e. The van der Waals surface area contributed by atoms with Crippen LogP contribution >= 0.6 is 11.8 Å². The predicted octanol–water partition coefficient (Wildman–Crippen LogP) is 1.61. The minimum atomic E-state index is -0.237. The third kappa shape index (κ3) is 3.84. The Bertz CT molecular complexity index is 612. The van der Waals surface area contributed by atoms with Gasteiger partial charge < -0.3 is 16.0 Å². The first-order chi connectivity index (χ1) is 9.19. The molecule has 100 valence electrons. The van der Waals surface area contributed by atoms with Crippen molar-refractivity contribution < 1.29 is 0 Å². The second kappa shape index (κ2) is 6.40. The number of anilines is 1. The molecule has 0 unspecified atom stereocenters. The molecule has 2 rings (SSSR count). The van der Waals surface area contributed by atoms with Crippen LogP contribution in [0.3, 0.4) is 0 Å². The summed E-state index contributed by atoms with van der Waals surface area (Å²) in [5, 5.41) is 3.79. The zero-order valence-corrected chi connectivity index (χ0v) is 11.5. The topological polar surface area (TPSA) is 83.8 Å². The number of H-pyrrole nitrogens is 1. The molecular weight excluding hydrogens is 260 g/mol. The average Bonchev–Trinajstić information content (AvgIpc) is 2.36. The summed E-state index contributed by atoms with van der Waals surface area (Å²) in [5.74, 6) is 0.232. The molecule has 0 atom stereocenters. The number of nitrogens with one attached hydrogen (secondary N) is 2. The van der Waals surface area contributed by atoms with Crippen LogP contribution in [0.15, 0.2) is 45.2 Å². The van der Waals surface area contributed by atoms with E-state index >= 15 is 0 Å². The largest absolute Gasteiger partial charge is 0.383 e. The van der Waals surface area contributed by atoms with Gasteiger partial charge in [-0.25, -0.2) is 4.98 Å². The summed E-state index contributed by atoms with van der Waals surface area (Å²) in [6.07, 6.45) is 0. The van der Waals surface area contributed by atoms with E-state index in [4.69, 9.17) is 5.73 Å². The molecule has 0 bridgehead atoms. The van der Waals surface area contributed by atoms with Gasteiger partial charge in [-0.2, -0.15) is 0 Å². The standard InChI is InChI=1S/C13H16N4OS/c1-2-15-8-9-5-3-4-6-10(9)19-13-16-11(14)7-12(18)17-13/h3-7,15H,2,8H2,1H3,(H3,14,16,17,18). The SMILES string of the molecule is CCNCc1ccccc1Sc1nc(N)cc(=O)[nH]1. The van der Waals surface area contributed by atoms with Gasteiger partial charge in [0.05, 0.1) is 0 Å². The van der Waals surface area contributed by atoms with E-state index in [9.17, 15) is 4.79 Å². The van der Waals surface area contributed by atoms with Crippen molar-refractivity contribution >= 4 is 17.6 Å². The Morgan fingerprint density at radius 3 is 2.95 bits per heavy atom. The first kappa shape index (κ1) is 13.6. The Balaban J connectivity index is 2.24. The molecule has 0 aliphatic carbocycles. The van der Waals surface area contributed by atoms with Crippen LogP contribution in [-0.2, 0) is 6.54 Å². The highest BCUT2D eigenvalue weighted by molar-refractivity contribution is 7.99. The normalized spacial score (nSPS) is 10.6. The van der Waals surface area contributed by atoms with E-state index in [2.05, 4.69) is 28.3 Å². The van der Waals surface area contributed by atoms with E-state index in [1.165, 1.54) is 23.4 Å². The Morgan fingerprint density at radius 2 is 2.21 bits per heavy atom. The molecule has 0 aliphatic rings. The van der Waals surface area contributed by atoms with Crippen LogP contribution in [-0.4, -0.2) is 16.5 Å². The Morgan fingerprint density at radius 1 is 1.42 bits per heavy atom. The Hall–Kier alpha value is -1.79. The van der Waals surface area contributed by atoms with Crippen LogP contribution < -0.4 is 16.6 Å². The highest BCUT2D eigenvalue weighted by Crippen LogP contribution is 2.27. The first-order valence-corrected chi connectivity index (χ1v) is 6.84. The number of benzene rings is 1. The summed E-state index contributed by atoms with van der Waals surface area (Å²) >= 11 is 1.41. The highest BCUT2D eigenvalue weighted by atomic mass is 32.2. The van der Waals surface area contributed by atoms with Gasteiger partial charge in [0.2, 0.25) is 0 Å². The number of hydrogen-bond acceptors (Lipinski definition) is 5. The number of aromatic amines is 1. The average molecular weight is 276 g/mol. The van der Waals surface area contributed by atoms with E-state index < -0.39 is 0 Å². The summed E-state index contributed by atoms with van der Waals surface area (Å²) in [6, 6.07) is 9.28. The van der Waals surface area contributed by atoms with Crippen LogP contribution in [0.25, 0.3) is 0 Å². The van der Waals surface area contributed by atoms with Crippen LogP contribution in [0, 0.1) is 0 Å². The number of nitrogens with two attached hydrogens (primary N) is 1. The van der Waals surface area contributed by atoms with E-state index in [-0.39, 0.29) is 11.4 Å². The highest BCUT2D eigenvalue weighted by Gasteiger charge is 2.06. The van der Waals surface area contributed by atoms with Crippen molar-refractivity contribution in [1.82, 2.24) is 15.3 Å². The summed E-state index contributed by atoms with van der Waals surface area (Å²) in [5.41, 5.74) is 6.50. The number of rotatable bonds is 5. The molecule has 1 aromatic carbocycles. The van der Waals surface area contributed by atoms with Gasteiger partial charge in [-0.05, 0) is 18.2 Å². The van der Waals surface area contributed by atoms with Gasteiger partial charge in [0.1, 0.15) is 5.82 Å². The molecule has 0 aliphatic heterocycles. The van der Waals surface area contributed by atoms with E-state index in [0.29, 0.717) is 5.16 Å². The second-order valence-electron chi connectivity index (χ2n) is 3.97. The van der Waals surface area contributed by atoms with Crippen LogP contribution in [0.2, 0.25) is 0 Å². The zero-order valence-electron chi connectivity index (χ0n) is 10.6. The van der Waals surface area contributed by atoms with Gasteiger partial charge in [0.15, 0.2) is 5.16 Å². The molecule has 5 nitrogen and oxygen atoms in total. The quantitative estimate of drug-likeness (QED) is 0.723. The van der Waals surface area contributed by atoms with Crippen LogP contribution in [0.1, 0.15) is 12.5 Å². The smallest absolute Gasteiger partial charge is 0.253 e. The lowest BCUT2D eigenvalue weighted by atomic mass is 10.2. The fourth-order valence-corrected chi connectivity index (χ4v) is 2.54. The minimum Gasteiger partial charge on any atom is -0.383 e. The molecule has 0 spiro atoms. The third-order valence-corrected chi connectivity index (χ3v) is 3.49. The maximum atomic E-state index is 11.4. The van der Waals surface area contributed by atoms with Crippen LogP contribution in [0.4, 0.5) is 5.82 Å². The lowest BCUT2D eigenvalue weighted by Crippen LogP contribution is -2.12. The molecule has 2 aromatic rings. The summed E-state index contributed by atoms with van der Waals surface area (Å²) in [7, 11) is 0. The molecule has 0 saturated carbocycles. The van der Waals surface area contributed by atoms with Crippen molar-refractivity contribution in [3.8, 4) is 0 Å². The molecular formula is C13H16N4OS. The third-order valence-electron chi connectivity index (χ3n) is 2.48. The molecule has 6 heteroatoms. The van der Waals surface area contributed by atoms with Gasteiger partial charge in [0.25, 0.3) is 5.56 Å². The Kier molecular flexibility index (Phi) is 4.59. The maximum absolute atomic E-state index is 11.4. The molecule has 0 saturated heterocycles. The van der Waals surface area contributed by atoms with E-state index in [1.807, 2.05) is 18.2 Å². The van der Waals surface area contributed by atoms with Gasteiger partial charge in [-0.3, -0.25) is 4.79 Å². The molecule has 0 radical (unpaired) electrons. The molecule has 0 amide bonds. The van der Waals surface area contributed by atoms with Crippen molar-refractivity contribution in [2.75, 3.05) is 12.3 Å². The van der Waals surface area contributed by atoms with Gasteiger partial charge in [-0.15, -0.1) is 0 Å². The lowest BCUT2D eigenvalue weighted by molar-refractivity contribution is 0.718. The molecule has 19 heavy (non-hydrogen) atoms. The van der Waals surface area contributed by atoms with Crippen molar-refractivity contribution in [3.05, 3.63) is 46.2 Å². The minimum absolute atomic E-state index is 0.232. The number of nitrogens with zero attached hydrogens (tertiary/aromatic N) is 1. The fourth-order valence-electron chi connectivity index (χ4n) is 1.61. The molecule has 0 fully saturated rings. The summed E-state index contributed by atoms with van der Waals surface area (Å²) < 4.78 is 0. The predicted molar refractivity (Wildman–Crippen MR) is 77.2 cm³/mol. The number of hydrogen-bond donors (Lipinski definition) is 3. The lowest BCUT2D eigenvalue weighted by Gasteiger charge is -2.08. The Labute approximate surface area is 115 Å². The zero-order chi connectivity index (χ0) is 13.7. The van der Waals surface area contributed by atoms with Crippen molar-refractivity contribution in [2.45, 2.75) is 23.5 Å². The summed E-state index contributed by atoms with van der Waals surface area (Å²) in [4.78, 5) is 19.2. The number of aromatic nitrogens is 2. The van der Waals surface area contributed by atoms with Gasteiger partial charge in [0, 0.05) is 17.5 Å². The first-order valence-electron chi connectivity index (χ1n) is 6.02. The van der Waals surface area contributed by atoms with Gasteiger partial charge in [-0.1, -0.05) is 36.9 Å². The molecule has 4 N–H and O–H groups in total. The number of nitrogen functional groups attached to an aromatic ring is 1.